The van der Waals surface area contributed by atoms with Crippen LogP contribution in [0.15, 0.2) is 18.2 Å². The molecule has 0 spiro atoms. The number of rotatable bonds is 4. The Morgan fingerprint density at radius 1 is 1.33 bits per heavy atom. The van der Waals surface area contributed by atoms with Gasteiger partial charge in [0.2, 0.25) is 0 Å². The van der Waals surface area contributed by atoms with Crippen molar-refractivity contribution in [3.8, 4) is 5.75 Å². The van der Waals surface area contributed by atoms with Gasteiger partial charge in [-0.1, -0.05) is 19.3 Å². The lowest BCUT2D eigenvalue weighted by atomic mass is 9.85. The van der Waals surface area contributed by atoms with Crippen LogP contribution in [-0.4, -0.2) is 24.4 Å². The summed E-state index contributed by atoms with van der Waals surface area (Å²) in [5, 5.41) is 13.3. The first kappa shape index (κ1) is 13.1. The molecular formula is C14H20FNO2. The Morgan fingerprint density at radius 2 is 2.06 bits per heavy atom. The van der Waals surface area contributed by atoms with E-state index in [9.17, 15) is 9.50 Å². The monoisotopic (exact) mass is 253 g/mol. The van der Waals surface area contributed by atoms with Crippen molar-refractivity contribution in [3.05, 3.63) is 24.0 Å². The minimum absolute atomic E-state index is 0.324. The minimum atomic E-state index is -0.701. The van der Waals surface area contributed by atoms with Crippen LogP contribution in [0.2, 0.25) is 0 Å². The third-order valence-electron chi connectivity index (χ3n) is 3.57. The number of ether oxygens (including phenoxy) is 1. The maximum Gasteiger partial charge on any atom is 0.146 e. The fourth-order valence-electron chi connectivity index (χ4n) is 2.41. The summed E-state index contributed by atoms with van der Waals surface area (Å²) >= 11 is 0. The van der Waals surface area contributed by atoms with E-state index in [1.807, 2.05) is 0 Å². The van der Waals surface area contributed by atoms with E-state index < -0.39 is 5.60 Å². The molecule has 1 aromatic carbocycles. The second-order valence-corrected chi connectivity index (χ2v) is 4.98. The Morgan fingerprint density at radius 3 is 2.72 bits per heavy atom. The number of anilines is 1. The SMILES string of the molecule is COc1ccc(F)c(NCC2(O)CCCCC2)c1. The quantitative estimate of drug-likeness (QED) is 0.867. The molecule has 4 heteroatoms. The van der Waals surface area contributed by atoms with Gasteiger partial charge in [0, 0.05) is 12.6 Å². The van der Waals surface area contributed by atoms with Crippen LogP contribution in [0.3, 0.4) is 0 Å². The van der Waals surface area contributed by atoms with E-state index in [-0.39, 0.29) is 5.82 Å². The molecule has 3 nitrogen and oxygen atoms in total. The predicted octanol–water partition coefficient (Wildman–Crippen LogP) is 2.94. The molecule has 18 heavy (non-hydrogen) atoms. The Labute approximate surface area is 107 Å². The van der Waals surface area contributed by atoms with E-state index in [1.54, 1.807) is 19.2 Å². The van der Waals surface area contributed by atoms with Crippen LogP contribution < -0.4 is 10.1 Å². The zero-order valence-corrected chi connectivity index (χ0v) is 10.7. The first-order valence-corrected chi connectivity index (χ1v) is 6.43. The molecule has 2 rings (SSSR count). The third-order valence-corrected chi connectivity index (χ3v) is 3.57. The molecule has 0 bridgehead atoms. The average molecular weight is 253 g/mol. The van der Waals surface area contributed by atoms with Gasteiger partial charge in [-0.15, -0.1) is 0 Å². The second-order valence-electron chi connectivity index (χ2n) is 4.98. The molecule has 100 valence electrons. The lowest BCUT2D eigenvalue weighted by Gasteiger charge is -2.32. The van der Waals surface area contributed by atoms with Gasteiger partial charge in [0.05, 0.1) is 18.4 Å². The highest BCUT2D eigenvalue weighted by molar-refractivity contribution is 5.49. The maximum absolute atomic E-state index is 13.6. The molecule has 1 saturated carbocycles. The fraction of sp³-hybridized carbons (Fsp3) is 0.571. The summed E-state index contributed by atoms with van der Waals surface area (Å²) in [5.74, 6) is 0.282. The lowest BCUT2D eigenvalue weighted by Crippen LogP contribution is -2.38. The van der Waals surface area contributed by atoms with E-state index in [2.05, 4.69) is 5.32 Å². The van der Waals surface area contributed by atoms with Crippen molar-refractivity contribution in [2.24, 2.45) is 0 Å². The molecule has 0 atom stereocenters. The molecule has 0 radical (unpaired) electrons. The smallest absolute Gasteiger partial charge is 0.146 e. The number of hydrogen-bond acceptors (Lipinski definition) is 3. The second kappa shape index (κ2) is 5.57. The van der Waals surface area contributed by atoms with E-state index >= 15 is 0 Å². The molecule has 0 amide bonds. The molecule has 2 N–H and O–H groups in total. The highest BCUT2D eigenvalue weighted by atomic mass is 19.1. The Bertz CT molecular complexity index is 403. The van der Waals surface area contributed by atoms with Crippen molar-refractivity contribution in [1.29, 1.82) is 0 Å². The van der Waals surface area contributed by atoms with E-state index in [4.69, 9.17) is 4.74 Å². The summed E-state index contributed by atoms with van der Waals surface area (Å²) in [5.41, 5.74) is -0.318. The first-order valence-electron chi connectivity index (χ1n) is 6.43. The highest BCUT2D eigenvalue weighted by Gasteiger charge is 2.28. The summed E-state index contributed by atoms with van der Waals surface area (Å²) in [4.78, 5) is 0. The average Bonchev–Trinajstić information content (AvgIpc) is 2.39. The van der Waals surface area contributed by atoms with Gasteiger partial charge in [-0.25, -0.2) is 4.39 Å². The van der Waals surface area contributed by atoms with Crippen LogP contribution in [0, 0.1) is 5.82 Å². The predicted molar refractivity (Wildman–Crippen MR) is 69.5 cm³/mol. The highest BCUT2D eigenvalue weighted by Crippen LogP contribution is 2.29. The molecule has 0 heterocycles. The van der Waals surface area contributed by atoms with Gasteiger partial charge in [-0.05, 0) is 25.0 Å². The van der Waals surface area contributed by atoms with Gasteiger partial charge in [0.15, 0.2) is 0 Å². The van der Waals surface area contributed by atoms with Crippen LogP contribution >= 0.6 is 0 Å². The molecule has 1 aliphatic rings. The molecule has 0 aromatic heterocycles. The Balaban J connectivity index is 2.00. The Hall–Kier alpha value is -1.29. The molecule has 1 aromatic rings. The number of halogens is 1. The van der Waals surface area contributed by atoms with Crippen LogP contribution in [0.5, 0.6) is 5.75 Å². The number of benzene rings is 1. The summed E-state index contributed by atoms with van der Waals surface area (Å²) in [6.45, 7) is 0.386. The van der Waals surface area contributed by atoms with Gasteiger partial charge in [-0.3, -0.25) is 0 Å². The lowest BCUT2D eigenvalue weighted by molar-refractivity contribution is 0.0167. The summed E-state index contributed by atoms with van der Waals surface area (Å²) in [7, 11) is 1.55. The zero-order chi connectivity index (χ0) is 13.0. The normalized spacial score (nSPS) is 18.4. The van der Waals surface area contributed by atoms with Gasteiger partial charge in [-0.2, -0.15) is 0 Å². The summed E-state index contributed by atoms with van der Waals surface area (Å²) < 4.78 is 18.6. The number of nitrogens with one attached hydrogen (secondary N) is 1. The van der Waals surface area contributed by atoms with Crippen molar-refractivity contribution in [2.75, 3.05) is 19.0 Å². The van der Waals surface area contributed by atoms with Gasteiger partial charge in [0.25, 0.3) is 0 Å². The molecule has 1 fully saturated rings. The summed E-state index contributed by atoms with van der Waals surface area (Å²) in [6, 6.07) is 4.56. The van der Waals surface area contributed by atoms with Crippen molar-refractivity contribution in [3.63, 3.8) is 0 Å². The van der Waals surface area contributed by atoms with Crippen LogP contribution in [0.25, 0.3) is 0 Å². The van der Waals surface area contributed by atoms with Crippen LogP contribution in [-0.2, 0) is 0 Å². The van der Waals surface area contributed by atoms with Gasteiger partial charge >= 0.3 is 0 Å². The van der Waals surface area contributed by atoms with Crippen molar-refractivity contribution in [2.45, 2.75) is 37.7 Å². The molecule has 0 saturated heterocycles. The topological polar surface area (TPSA) is 41.5 Å². The largest absolute Gasteiger partial charge is 0.497 e. The molecular weight excluding hydrogens is 233 g/mol. The molecule has 0 aliphatic heterocycles. The molecule has 1 aliphatic carbocycles. The number of hydrogen-bond donors (Lipinski definition) is 2. The van der Waals surface area contributed by atoms with Crippen LogP contribution in [0.1, 0.15) is 32.1 Å². The number of methoxy groups -OCH3 is 1. The first-order chi connectivity index (χ1) is 8.63. The van der Waals surface area contributed by atoms with Gasteiger partial charge in [0.1, 0.15) is 11.6 Å². The third kappa shape index (κ3) is 3.13. The van der Waals surface area contributed by atoms with E-state index in [0.717, 1.165) is 25.7 Å². The van der Waals surface area contributed by atoms with E-state index in [1.165, 1.54) is 12.5 Å². The maximum atomic E-state index is 13.6. The standard InChI is InChI=1S/C14H20FNO2/c1-18-11-5-6-12(15)13(9-11)16-10-14(17)7-3-2-4-8-14/h5-6,9,16-17H,2-4,7-8,10H2,1H3. The van der Waals surface area contributed by atoms with E-state index in [0.29, 0.717) is 18.0 Å². The van der Waals surface area contributed by atoms with Crippen LogP contribution in [0.4, 0.5) is 10.1 Å². The molecule has 0 unspecified atom stereocenters. The van der Waals surface area contributed by atoms with Crippen molar-refractivity contribution < 1.29 is 14.2 Å². The zero-order valence-electron chi connectivity index (χ0n) is 10.7. The minimum Gasteiger partial charge on any atom is -0.497 e. The fourth-order valence-corrected chi connectivity index (χ4v) is 2.41. The Kier molecular flexibility index (Phi) is 4.07. The van der Waals surface area contributed by atoms with Crippen molar-refractivity contribution in [1.82, 2.24) is 0 Å². The van der Waals surface area contributed by atoms with Crippen molar-refractivity contribution >= 4 is 5.69 Å². The number of aliphatic hydroxyl groups is 1. The summed E-state index contributed by atoms with van der Waals surface area (Å²) in [6.07, 6.45) is 4.82. The van der Waals surface area contributed by atoms with Gasteiger partial charge < -0.3 is 15.2 Å².